The van der Waals surface area contributed by atoms with E-state index in [2.05, 4.69) is 30.7 Å². The zero-order valence-electron chi connectivity index (χ0n) is 6.57. The van der Waals surface area contributed by atoms with Gasteiger partial charge in [0, 0.05) is 6.54 Å². The fraction of sp³-hybridized carbons (Fsp3) is 0.250. The number of hydrazine groups is 1. The molecule has 3 N–H and O–H groups in total. The summed E-state index contributed by atoms with van der Waals surface area (Å²) in [5.41, 5.74) is 3.59. The molecule has 0 aliphatic carbocycles. The third-order valence-corrected chi connectivity index (χ3v) is 2.42. The molecule has 0 heterocycles. The van der Waals surface area contributed by atoms with Crippen molar-refractivity contribution in [2.24, 2.45) is 5.84 Å². The molecule has 0 saturated carbocycles. The third kappa shape index (κ3) is 2.42. The highest BCUT2D eigenvalue weighted by molar-refractivity contribution is 7.99. The molecule has 0 aliphatic rings. The first kappa shape index (κ1) is 9.92. The molecule has 0 amide bonds. The Kier molecular flexibility index (Phi) is 3.46. The van der Waals surface area contributed by atoms with Crippen molar-refractivity contribution < 1.29 is 0 Å². The van der Waals surface area contributed by atoms with Gasteiger partial charge >= 0.3 is 0 Å². The average Bonchev–Trinajstić information content (AvgIpc) is 2.06. The minimum Gasteiger partial charge on any atom is -0.271 e. The zero-order chi connectivity index (χ0) is 9.03. The van der Waals surface area contributed by atoms with Crippen LogP contribution in [0.4, 0.5) is 0 Å². The molecule has 0 bridgehead atoms. The van der Waals surface area contributed by atoms with Crippen molar-refractivity contribution in [3.8, 4) is 0 Å². The number of benzene rings is 1. The van der Waals surface area contributed by atoms with E-state index in [0.717, 1.165) is 5.56 Å². The molecule has 0 fully saturated rings. The molecular weight excluding hydrogens is 188 g/mol. The second-order valence-electron chi connectivity index (χ2n) is 2.56. The normalized spacial score (nSPS) is 11.6. The van der Waals surface area contributed by atoms with Crippen LogP contribution < -0.4 is 11.3 Å². The number of thiol groups is 2. The molecule has 66 valence electrons. The van der Waals surface area contributed by atoms with Crippen LogP contribution in [0, 0.1) is 0 Å². The van der Waals surface area contributed by atoms with Crippen LogP contribution in [-0.2, 0) is 4.08 Å². The fourth-order valence-electron chi connectivity index (χ4n) is 0.949. The van der Waals surface area contributed by atoms with Crippen molar-refractivity contribution in [3.63, 3.8) is 0 Å². The SMILES string of the molecule is NNCC(S)(S)c1ccccc1. The van der Waals surface area contributed by atoms with E-state index in [1.54, 1.807) is 0 Å². The lowest BCUT2D eigenvalue weighted by Gasteiger charge is -2.22. The van der Waals surface area contributed by atoms with Gasteiger partial charge in [0.05, 0.1) is 4.08 Å². The van der Waals surface area contributed by atoms with Crippen LogP contribution in [0.3, 0.4) is 0 Å². The fourth-order valence-corrected chi connectivity index (χ4v) is 1.43. The summed E-state index contributed by atoms with van der Waals surface area (Å²) in [6.07, 6.45) is 0. The van der Waals surface area contributed by atoms with Gasteiger partial charge in [-0.25, -0.2) is 0 Å². The molecule has 1 aromatic rings. The average molecular weight is 200 g/mol. The minimum absolute atomic E-state index is 0.504. The Hall–Kier alpha value is -0.160. The Labute approximate surface area is 83.3 Å². The van der Waals surface area contributed by atoms with Crippen LogP contribution in [0.5, 0.6) is 0 Å². The van der Waals surface area contributed by atoms with Gasteiger partial charge in [0.1, 0.15) is 0 Å². The minimum atomic E-state index is -0.504. The summed E-state index contributed by atoms with van der Waals surface area (Å²) in [4.78, 5) is 0. The highest BCUT2D eigenvalue weighted by Gasteiger charge is 2.21. The smallest absolute Gasteiger partial charge is 0.0941 e. The van der Waals surface area contributed by atoms with Gasteiger partial charge in [-0.1, -0.05) is 30.3 Å². The van der Waals surface area contributed by atoms with Crippen LogP contribution in [0.15, 0.2) is 30.3 Å². The number of nitrogens with two attached hydrogens (primary N) is 1. The number of hydrogen-bond donors (Lipinski definition) is 4. The Bertz CT molecular complexity index is 236. The molecule has 12 heavy (non-hydrogen) atoms. The van der Waals surface area contributed by atoms with Crippen LogP contribution in [-0.4, -0.2) is 6.54 Å². The largest absolute Gasteiger partial charge is 0.271 e. The summed E-state index contributed by atoms with van der Waals surface area (Å²) in [5.74, 6) is 5.20. The van der Waals surface area contributed by atoms with E-state index in [9.17, 15) is 0 Å². The topological polar surface area (TPSA) is 38.0 Å². The summed E-state index contributed by atoms with van der Waals surface area (Å²) in [6, 6.07) is 9.80. The molecule has 0 unspecified atom stereocenters. The molecule has 4 heteroatoms. The molecule has 0 aromatic heterocycles. The van der Waals surface area contributed by atoms with Gasteiger partial charge in [-0.3, -0.25) is 11.3 Å². The summed E-state index contributed by atoms with van der Waals surface area (Å²) < 4.78 is -0.504. The van der Waals surface area contributed by atoms with Gasteiger partial charge in [-0.15, -0.1) is 0 Å². The van der Waals surface area contributed by atoms with Gasteiger partial charge in [-0.05, 0) is 5.56 Å². The second-order valence-corrected chi connectivity index (χ2v) is 4.44. The number of rotatable bonds is 3. The molecule has 1 aromatic carbocycles. The molecule has 0 spiro atoms. The zero-order valence-corrected chi connectivity index (χ0v) is 8.35. The van der Waals surface area contributed by atoms with Crippen molar-refractivity contribution in [2.75, 3.05) is 6.54 Å². The van der Waals surface area contributed by atoms with Crippen molar-refractivity contribution in [2.45, 2.75) is 4.08 Å². The van der Waals surface area contributed by atoms with Crippen molar-refractivity contribution in [1.29, 1.82) is 0 Å². The van der Waals surface area contributed by atoms with Gasteiger partial charge in [0.25, 0.3) is 0 Å². The highest BCUT2D eigenvalue weighted by Crippen LogP contribution is 2.31. The Balaban J connectivity index is 2.82. The van der Waals surface area contributed by atoms with Crippen molar-refractivity contribution in [3.05, 3.63) is 35.9 Å². The van der Waals surface area contributed by atoms with Gasteiger partial charge in [-0.2, -0.15) is 25.3 Å². The lowest BCUT2D eigenvalue weighted by molar-refractivity contribution is 0.694. The maximum atomic E-state index is 5.20. The summed E-state index contributed by atoms with van der Waals surface area (Å²) in [6.45, 7) is 0.517. The molecule has 1 rings (SSSR count). The maximum Gasteiger partial charge on any atom is 0.0941 e. The van der Waals surface area contributed by atoms with E-state index in [0.29, 0.717) is 6.54 Å². The molecular formula is C8H12N2S2. The monoisotopic (exact) mass is 200 g/mol. The first-order valence-electron chi connectivity index (χ1n) is 3.60. The Morgan fingerprint density at radius 2 is 1.83 bits per heavy atom. The summed E-state index contributed by atoms with van der Waals surface area (Å²) in [7, 11) is 0. The van der Waals surface area contributed by atoms with Crippen molar-refractivity contribution >= 4 is 25.3 Å². The predicted molar refractivity (Wildman–Crippen MR) is 58.3 cm³/mol. The third-order valence-electron chi connectivity index (χ3n) is 1.58. The molecule has 0 atom stereocenters. The second kappa shape index (κ2) is 4.18. The molecule has 0 saturated heterocycles. The van der Waals surface area contributed by atoms with Crippen LogP contribution in [0.2, 0.25) is 0 Å². The van der Waals surface area contributed by atoms with E-state index in [1.165, 1.54) is 0 Å². The van der Waals surface area contributed by atoms with Crippen LogP contribution in [0.25, 0.3) is 0 Å². The van der Waals surface area contributed by atoms with Crippen molar-refractivity contribution in [1.82, 2.24) is 5.43 Å². The number of hydrogen-bond acceptors (Lipinski definition) is 4. The summed E-state index contributed by atoms with van der Waals surface area (Å²) in [5, 5.41) is 0. The Morgan fingerprint density at radius 3 is 2.33 bits per heavy atom. The quantitative estimate of drug-likeness (QED) is 0.256. The molecule has 2 nitrogen and oxygen atoms in total. The van der Waals surface area contributed by atoms with Crippen LogP contribution in [0.1, 0.15) is 5.56 Å². The lowest BCUT2D eigenvalue weighted by Crippen LogP contribution is -2.33. The number of nitrogens with one attached hydrogen (secondary N) is 1. The predicted octanol–water partition coefficient (Wildman–Crippen LogP) is 1.16. The molecule has 0 aliphatic heterocycles. The van der Waals surface area contributed by atoms with Gasteiger partial charge in [0.15, 0.2) is 0 Å². The van der Waals surface area contributed by atoms with Gasteiger partial charge in [0.2, 0.25) is 0 Å². The highest BCUT2D eigenvalue weighted by atomic mass is 32.2. The summed E-state index contributed by atoms with van der Waals surface area (Å²) >= 11 is 8.76. The van der Waals surface area contributed by atoms with E-state index in [1.807, 2.05) is 30.3 Å². The lowest BCUT2D eigenvalue weighted by atomic mass is 10.1. The van der Waals surface area contributed by atoms with Gasteiger partial charge < -0.3 is 0 Å². The first-order chi connectivity index (χ1) is 5.67. The van der Waals surface area contributed by atoms with E-state index in [4.69, 9.17) is 5.84 Å². The Morgan fingerprint density at radius 1 is 1.25 bits per heavy atom. The standard InChI is InChI=1S/C8H12N2S2/c9-10-6-8(11,12)7-4-2-1-3-5-7/h1-5,10-12H,6,9H2. The van der Waals surface area contributed by atoms with Crippen LogP contribution >= 0.6 is 25.3 Å². The van der Waals surface area contributed by atoms with E-state index in [-0.39, 0.29) is 0 Å². The van der Waals surface area contributed by atoms with E-state index < -0.39 is 4.08 Å². The first-order valence-corrected chi connectivity index (χ1v) is 4.50. The maximum absolute atomic E-state index is 5.20. The molecule has 0 radical (unpaired) electrons. The van der Waals surface area contributed by atoms with E-state index >= 15 is 0 Å².